The highest BCUT2D eigenvalue weighted by molar-refractivity contribution is 8.14. The van der Waals surface area contributed by atoms with E-state index in [2.05, 4.69) is 0 Å². The van der Waals surface area contributed by atoms with Crippen LogP contribution in [0.5, 0.6) is 0 Å². The van der Waals surface area contributed by atoms with Gasteiger partial charge < -0.3 is 5.11 Å². The molecule has 0 aromatic carbocycles. The summed E-state index contributed by atoms with van der Waals surface area (Å²) in [6.45, 7) is 5.55. The van der Waals surface area contributed by atoms with E-state index in [-0.39, 0.29) is 11.5 Å². The van der Waals surface area contributed by atoms with Crippen LogP contribution in [0.15, 0.2) is 0 Å². The van der Waals surface area contributed by atoms with Crippen LogP contribution in [0.1, 0.15) is 27.2 Å². The maximum Gasteiger partial charge on any atom is 0.191 e. The molecule has 0 aliphatic carbocycles. The van der Waals surface area contributed by atoms with Gasteiger partial charge in [-0.25, -0.2) is 0 Å². The van der Waals surface area contributed by atoms with Crippen LogP contribution in [-0.4, -0.2) is 21.6 Å². The third kappa shape index (κ3) is 6.11. The lowest BCUT2D eigenvalue weighted by Gasteiger charge is -2.04. The van der Waals surface area contributed by atoms with Gasteiger partial charge in [-0.1, -0.05) is 25.6 Å². The average Bonchev–Trinajstić information content (AvgIpc) is 1.58. The molecule has 0 aliphatic rings. The molecule has 1 atom stereocenters. The van der Waals surface area contributed by atoms with Crippen molar-refractivity contribution in [3.63, 3.8) is 0 Å². The summed E-state index contributed by atoms with van der Waals surface area (Å²) in [5, 5.41) is 9.20. The summed E-state index contributed by atoms with van der Waals surface area (Å²) in [5.74, 6) is 0. The fourth-order valence-electron chi connectivity index (χ4n) is 0.552. The summed E-state index contributed by atoms with van der Waals surface area (Å²) < 4.78 is 0. The van der Waals surface area contributed by atoms with E-state index in [0.717, 1.165) is 0 Å². The average molecular weight is 162 g/mol. The molecular formula is C7H14O2S. The minimum Gasteiger partial charge on any atom is -0.393 e. The number of thioether (sulfide) groups is 1. The lowest BCUT2D eigenvalue weighted by atomic mass is 10.3. The Kier molecular flexibility index (Phi) is 4.73. The van der Waals surface area contributed by atoms with Crippen LogP contribution in [-0.2, 0) is 4.79 Å². The van der Waals surface area contributed by atoms with Gasteiger partial charge in [0.1, 0.15) is 0 Å². The summed E-state index contributed by atoms with van der Waals surface area (Å²) >= 11 is 1.28. The first-order chi connectivity index (χ1) is 4.52. The monoisotopic (exact) mass is 162 g/mol. The molecule has 0 spiro atoms. The molecule has 0 bridgehead atoms. The van der Waals surface area contributed by atoms with Crippen LogP contribution < -0.4 is 0 Å². The Morgan fingerprint density at radius 2 is 2.00 bits per heavy atom. The van der Waals surface area contributed by atoms with Crippen LogP contribution in [0.3, 0.4) is 0 Å². The number of aliphatic hydroxyl groups is 1. The van der Waals surface area contributed by atoms with Gasteiger partial charge in [0.25, 0.3) is 0 Å². The first kappa shape index (κ1) is 9.98. The molecule has 0 heterocycles. The maximum atomic E-state index is 10.9. The number of rotatable bonds is 3. The fraction of sp³-hybridized carbons (Fsp3) is 0.857. The van der Waals surface area contributed by atoms with E-state index >= 15 is 0 Å². The molecule has 0 saturated carbocycles. The van der Waals surface area contributed by atoms with E-state index < -0.39 is 6.10 Å². The van der Waals surface area contributed by atoms with Gasteiger partial charge in [-0.05, 0) is 6.92 Å². The molecule has 0 aromatic rings. The molecule has 0 saturated heterocycles. The molecule has 3 heteroatoms. The maximum absolute atomic E-state index is 10.9. The van der Waals surface area contributed by atoms with Gasteiger partial charge in [0, 0.05) is 11.7 Å². The number of carbonyl (C=O) groups excluding carboxylic acids is 1. The lowest BCUT2D eigenvalue weighted by molar-refractivity contribution is -0.112. The molecule has 10 heavy (non-hydrogen) atoms. The Labute approximate surface area is 66.0 Å². The van der Waals surface area contributed by atoms with E-state index in [0.29, 0.717) is 5.25 Å². The van der Waals surface area contributed by atoms with Gasteiger partial charge in [-0.2, -0.15) is 0 Å². The minimum atomic E-state index is -0.501. The van der Waals surface area contributed by atoms with Gasteiger partial charge >= 0.3 is 0 Å². The lowest BCUT2D eigenvalue weighted by Crippen LogP contribution is -2.07. The SMILES string of the molecule is CC(C)SC(=O)C[C@@H](C)O. The van der Waals surface area contributed by atoms with Crippen molar-refractivity contribution in [2.24, 2.45) is 0 Å². The van der Waals surface area contributed by atoms with Crippen molar-refractivity contribution in [2.75, 3.05) is 0 Å². The van der Waals surface area contributed by atoms with Crippen LogP contribution >= 0.6 is 11.8 Å². The van der Waals surface area contributed by atoms with E-state index in [1.54, 1.807) is 6.92 Å². The molecule has 60 valence electrons. The standard InChI is InChI=1S/C7H14O2S/c1-5(2)10-7(9)4-6(3)8/h5-6,8H,4H2,1-3H3/t6-/m1/s1. The predicted molar refractivity (Wildman–Crippen MR) is 44.0 cm³/mol. The van der Waals surface area contributed by atoms with E-state index in [1.807, 2.05) is 13.8 Å². The number of carbonyl (C=O) groups is 1. The molecule has 0 unspecified atom stereocenters. The van der Waals surface area contributed by atoms with Crippen molar-refractivity contribution in [2.45, 2.75) is 38.5 Å². The second-order valence-corrected chi connectivity index (χ2v) is 4.23. The van der Waals surface area contributed by atoms with Gasteiger partial charge in [0.05, 0.1) is 6.10 Å². The quantitative estimate of drug-likeness (QED) is 0.682. The van der Waals surface area contributed by atoms with Crippen molar-refractivity contribution in [1.82, 2.24) is 0 Å². The Morgan fingerprint density at radius 1 is 1.50 bits per heavy atom. The van der Waals surface area contributed by atoms with Gasteiger partial charge in [-0.3, -0.25) is 4.79 Å². The van der Waals surface area contributed by atoms with Crippen molar-refractivity contribution in [3.8, 4) is 0 Å². The zero-order chi connectivity index (χ0) is 8.15. The van der Waals surface area contributed by atoms with E-state index in [4.69, 9.17) is 5.11 Å². The first-order valence-corrected chi connectivity index (χ1v) is 4.28. The highest BCUT2D eigenvalue weighted by Gasteiger charge is 2.08. The van der Waals surface area contributed by atoms with Crippen LogP contribution in [0.2, 0.25) is 0 Å². The van der Waals surface area contributed by atoms with Gasteiger partial charge in [0.15, 0.2) is 5.12 Å². The summed E-state index contributed by atoms with van der Waals surface area (Å²) in [6.07, 6.45) is -0.234. The van der Waals surface area contributed by atoms with Crippen LogP contribution in [0, 0.1) is 0 Å². The van der Waals surface area contributed by atoms with Gasteiger partial charge in [-0.15, -0.1) is 0 Å². The summed E-state index contributed by atoms with van der Waals surface area (Å²) in [4.78, 5) is 10.9. The minimum absolute atomic E-state index is 0.0741. The molecule has 0 fully saturated rings. The van der Waals surface area contributed by atoms with Crippen molar-refractivity contribution in [3.05, 3.63) is 0 Å². The summed E-state index contributed by atoms with van der Waals surface area (Å²) in [7, 11) is 0. The molecule has 1 N–H and O–H groups in total. The molecule has 0 amide bonds. The second kappa shape index (κ2) is 4.74. The Bertz CT molecular complexity index is 98.2. The number of hydrogen-bond acceptors (Lipinski definition) is 3. The largest absolute Gasteiger partial charge is 0.393 e. The first-order valence-electron chi connectivity index (χ1n) is 3.40. The van der Waals surface area contributed by atoms with Gasteiger partial charge in [0.2, 0.25) is 0 Å². The molecular weight excluding hydrogens is 148 g/mol. The molecule has 2 nitrogen and oxygen atoms in total. The normalized spacial score (nSPS) is 13.7. The topological polar surface area (TPSA) is 37.3 Å². The van der Waals surface area contributed by atoms with Crippen LogP contribution in [0.4, 0.5) is 0 Å². The number of aliphatic hydroxyl groups excluding tert-OH is 1. The fourth-order valence-corrected chi connectivity index (χ4v) is 1.42. The predicted octanol–water partition coefficient (Wildman–Crippen LogP) is 1.43. The third-order valence-corrected chi connectivity index (χ3v) is 1.73. The highest BCUT2D eigenvalue weighted by Crippen LogP contribution is 2.13. The zero-order valence-corrected chi connectivity index (χ0v) is 7.44. The smallest absolute Gasteiger partial charge is 0.191 e. The Balaban J connectivity index is 3.44. The summed E-state index contributed by atoms with van der Waals surface area (Å²) in [6, 6.07) is 0. The van der Waals surface area contributed by atoms with Crippen molar-refractivity contribution in [1.29, 1.82) is 0 Å². The van der Waals surface area contributed by atoms with Crippen molar-refractivity contribution < 1.29 is 9.90 Å². The zero-order valence-electron chi connectivity index (χ0n) is 6.63. The molecule has 0 radical (unpaired) electrons. The number of hydrogen-bond donors (Lipinski definition) is 1. The third-order valence-electron chi connectivity index (χ3n) is 0.829. The van der Waals surface area contributed by atoms with Crippen LogP contribution in [0.25, 0.3) is 0 Å². The molecule has 0 aliphatic heterocycles. The molecule has 0 rings (SSSR count). The highest BCUT2D eigenvalue weighted by atomic mass is 32.2. The van der Waals surface area contributed by atoms with E-state index in [1.165, 1.54) is 11.8 Å². The van der Waals surface area contributed by atoms with E-state index in [9.17, 15) is 4.79 Å². The summed E-state index contributed by atoms with van der Waals surface area (Å²) in [5.41, 5.74) is 0. The Morgan fingerprint density at radius 3 is 2.30 bits per heavy atom. The second-order valence-electron chi connectivity index (χ2n) is 2.59. The van der Waals surface area contributed by atoms with Crippen molar-refractivity contribution >= 4 is 16.9 Å². The molecule has 0 aromatic heterocycles. The Hall–Kier alpha value is -0.0200.